The van der Waals surface area contributed by atoms with Gasteiger partial charge in [0.05, 0.1) is 12.7 Å². The quantitative estimate of drug-likeness (QED) is 0.786. The second-order valence-corrected chi connectivity index (χ2v) is 4.89. The van der Waals surface area contributed by atoms with E-state index in [1.54, 1.807) is 31.5 Å². The summed E-state index contributed by atoms with van der Waals surface area (Å²) >= 11 is 0. The molecule has 0 spiro atoms. The molecule has 0 bridgehead atoms. The number of hydrogen-bond acceptors (Lipinski definition) is 5. The molecule has 1 aliphatic carbocycles. The number of ketones is 1. The molecule has 0 radical (unpaired) electrons. The molecule has 5 heteroatoms. The van der Waals surface area contributed by atoms with E-state index in [4.69, 9.17) is 4.74 Å². The van der Waals surface area contributed by atoms with E-state index in [2.05, 4.69) is 11.1 Å². The second-order valence-electron chi connectivity index (χ2n) is 4.89. The lowest BCUT2D eigenvalue weighted by Gasteiger charge is -2.36. The number of nitrogens with zero attached hydrogens (tertiary/aromatic N) is 2. The molecular formula is C15H16N2O3. The van der Waals surface area contributed by atoms with Gasteiger partial charge in [0.1, 0.15) is 5.78 Å². The van der Waals surface area contributed by atoms with E-state index < -0.39 is 17.3 Å². The number of carbonyl (C=O) groups is 2. The molecule has 1 aliphatic rings. The fourth-order valence-electron chi connectivity index (χ4n) is 2.68. The number of ether oxygens (including phenoxy) is 1. The van der Waals surface area contributed by atoms with Crippen molar-refractivity contribution in [3.05, 3.63) is 30.1 Å². The van der Waals surface area contributed by atoms with Gasteiger partial charge in [-0.2, -0.15) is 5.26 Å². The Hall–Kier alpha value is -2.22. The van der Waals surface area contributed by atoms with Gasteiger partial charge >= 0.3 is 5.97 Å². The third kappa shape index (κ3) is 2.42. The number of aromatic nitrogens is 1. The topological polar surface area (TPSA) is 80.0 Å². The standard InChI is InChI=1S/C15H16N2O3/c1-2-20-14(19)15(10-16)6-5-12(18)8-13(15)11-4-3-7-17-9-11/h3-4,7,9,13H,2,5-6,8H2,1H3. The smallest absolute Gasteiger partial charge is 0.327 e. The van der Waals surface area contributed by atoms with Crippen molar-refractivity contribution in [3.63, 3.8) is 0 Å². The average molecular weight is 272 g/mol. The summed E-state index contributed by atoms with van der Waals surface area (Å²) in [5, 5.41) is 9.57. The van der Waals surface area contributed by atoms with Crippen LogP contribution in [-0.2, 0) is 14.3 Å². The van der Waals surface area contributed by atoms with Crippen LogP contribution in [0.4, 0.5) is 0 Å². The van der Waals surface area contributed by atoms with Gasteiger partial charge in [0.25, 0.3) is 0 Å². The predicted molar refractivity (Wildman–Crippen MR) is 70.5 cm³/mol. The minimum absolute atomic E-state index is 0.0639. The van der Waals surface area contributed by atoms with Crippen LogP contribution in [0.25, 0.3) is 0 Å². The summed E-state index contributed by atoms with van der Waals surface area (Å²) in [6.07, 6.45) is 3.85. The molecule has 0 saturated heterocycles. The Morgan fingerprint density at radius 1 is 1.65 bits per heavy atom. The normalized spacial score (nSPS) is 25.8. The number of Topliss-reactive ketones (excluding diaryl/α,β-unsaturated/α-hetero) is 1. The Morgan fingerprint density at radius 3 is 3.05 bits per heavy atom. The van der Waals surface area contributed by atoms with Crippen LogP contribution >= 0.6 is 0 Å². The molecule has 1 saturated carbocycles. The van der Waals surface area contributed by atoms with Crippen molar-refractivity contribution in [2.75, 3.05) is 6.61 Å². The maximum Gasteiger partial charge on any atom is 0.327 e. The highest BCUT2D eigenvalue weighted by Crippen LogP contribution is 2.46. The van der Waals surface area contributed by atoms with E-state index in [0.717, 1.165) is 5.56 Å². The highest BCUT2D eigenvalue weighted by molar-refractivity contribution is 5.88. The van der Waals surface area contributed by atoms with Crippen molar-refractivity contribution in [3.8, 4) is 6.07 Å². The molecule has 20 heavy (non-hydrogen) atoms. The Bertz CT molecular complexity index is 550. The SMILES string of the molecule is CCOC(=O)C1(C#N)CCC(=O)CC1c1cccnc1. The number of pyridine rings is 1. The minimum Gasteiger partial charge on any atom is -0.465 e. The first kappa shape index (κ1) is 14.2. The summed E-state index contributed by atoms with van der Waals surface area (Å²) in [5.74, 6) is -0.959. The van der Waals surface area contributed by atoms with E-state index in [1.807, 2.05) is 0 Å². The summed E-state index contributed by atoms with van der Waals surface area (Å²) in [6, 6.07) is 5.65. The lowest BCUT2D eigenvalue weighted by atomic mass is 9.64. The van der Waals surface area contributed by atoms with E-state index in [1.165, 1.54) is 0 Å². The van der Waals surface area contributed by atoms with Crippen molar-refractivity contribution < 1.29 is 14.3 Å². The molecule has 1 aromatic rings. The van der Waals surface area contributed by atoms with Crippen LogP contribution in [0, 0.1) is 16.7 Å². The predicted octanol–water partition coefficient (Wildman–Crippen LogP) is 1.99. The summed E-state index contributed by atoms with van der Waals surface area (Å²) in [5.41, 5.74) is -0.553. The fraction of sp³-hybridized carbons (Fsp3) is 0.467. The van der Waals surface area contributed by atoms with Crippen molar-refractivity contribution >= 4 is 11.8 Å². The zero-order chi connectivity index (χ0) is 14.6. The number of esters is 1. The highest BCUT2D eigenvalue weighted by Gasteiger charge is 2.51. The molecule has 1 heterocycles. The molecule has 2 rings (SSSR count). The Balaban J connectivity index is 2.44. The molecule has 0 aliphatic heterocycles. The van der Waals surface area contributed by atoms with E-state index in [9.17, 15) is 14.9 Å². The van der Waals surface area contributed by atoms with E-state index in [-0.39, 0.29) is 31.7 Å². The molecule has 1 fully saturated rings. The third-order valence-electron chi connectivity index (χ3n) is 3.75. The largest absolute Gasteiger partial charge is 0.465 e. The second kappa shape index (κ2) is 5.83. The summed E-state index contributed by atoms with van der Waals surface area (Å²) in [6.45, 7) is 1.92. The fourth-order valence-corrected chi connectivity index (χ4v) is 2.68. The van der Waals surface area contributed by atoms with Gasteiger partial charge in [-0.15, -0.1) is 0 Å². The average Bonchev–Trinajstić information content (AvgIpc) is 2.48. The zero-order valence-corrected chi connectivity index (χ0v) is 11.3. The third-order valence-corrected chi connectivity index (χ3v) is 3.75. The van der Waals surface area contributed by atoms with Crippen LogP contribution in [-0.4, -0.2) is 23.3 Å². The van der Waals surface area contributed by atoms with E-state index in [0.29, 0.717) is 0 Å². The number of carbonyl (C=O) groups excluding carboxylic acids is 2. The number of nitriles is 1. The monoisotopic (exact) mass is 272 g/mol. The van der Waals surface area contributed by atoms with Gasteiger partial charge in [0, 0.05) is 31.2 Å². The Labute approximate surface area is 117 Å². The summed E-state index contributed by atoms with van der Waals surface area (Å²) in [7, 11) is 0. The zero-order valence-electron chi connectivity index (χ0n) is 11.3. The van der Waals surface area contributed by atoms with Gasteiger partial charge in [0.2, 0.25) is 0 Å². The van der Waals surface area contributed by atoms with Crippen molar-refractivity contribution in [2.45, 2.75) is 32.1 Å². The first-order valence-electron chi connectivity index (χ1n) is 6.64. The van der Waals surface area contributed by atoms with Crippen molar-refractivity contribution in [1.82, 2.24) is 4.98 Å². The van der Waals surface area contributed by atoms with Gasteiger partial charge in [-0.25, -0.2) is 0 Å². The van der Waals surface area contributed by atoms with Gasteiger partial charge in [-0.05, 0) is 25.0 Å². The number of rotatable bonds is 3. The number of hydrogen-bond donors (Lipinski definition) is 0. The van der Waals surface area contributed by atoms with E-state index >= 15 is 0 Å². The van der Waals surface area contributed by atoms with Crippen molar-refractivity contribution in [2.24, 2.45) is 5.41 Å². The minimum atomic E-state index is -1.28. The molecule has 2 unspecified atom stereocenters. The maximum atomic E-state index is 12.3. The highest BCUT2D eigenvalue weighted by atomic mass is 16.5. The summed E-state index contributed by atoms with van der Waals surface area (Å²) in [4.78, 5) is 28.0. The Kier molecular flexibility index (Phi) is 4.14. The lowest BCUT2D eigenvalue weighted by Crippen LogP contribution is -2.42. The van der Waals surface area contributed by atoms with Gasteiger partial charge in [0.15, 0.2) is 5.41 Å². The first-order valence-corrected chi connectivity index (χ1v) is 6.64. The van der Waals surface area contributed by atoms with Crippen molar-refractivity contribution in [1.29, 1.82) is 5.26 Å². The van der Waals surface area contributed by atoms with Crippen LogP contribution in [0.2, 0.25) is 0 Å². The molecule has 2 atom stereocenters. The van der Waals surface area contributed by atoms with Gasteiger partial charge in [-0.1, -0.05) is 6.07 Å². The van der Waals surface area contributed by atoms with Crippen LogP contribution in [0.1, 0.15) is 37.7 Å². The van der Waals surface area contributed by atoms with Crippen LogP contribution < -0.4 is 0 Å². The van der Waals surface area contributed by atoms with Crippen LogP contribution in [0.15, 0.2) is 24.5 Å². The molecule has 104 valence electrons. The molecule has 5 nitrogen and oxygen atoms in total. The van der Waals surface area contributed by atoms with Gasteiger partial charge < -0.3 is 4.74 Å². The summed E-state index contributed by atoms with van der Waals surface area (Å²) < 4.78 is 5.07. The Morgan fingerprint density at radius 2 is 2.45 bits per heavy atom. The first-order chi connectivity index (χ1) is 9.64. The molecule has 0 N–H and O–H groups in total. The lowest BCUT2D eigenvalue weighted by molar-refractivity contribution is -0.155. The molecular weight excluding hydrogens is 256 g/mol. The van der Waals surface area contributed by atoms with Gasteiger partial charge in [-0.3, -0.25) is 14.6 Å². The molecule has 0 aromatic carbocycles. The van der Waals surface area contributed by atoms with Crippen LogP contribution in [0.5, 0.6) is 0 Å². The molecule has 1 aromatic heterocycles. The molecule has 0 amide bonds. The van der Waals surface area contributed by atoms with Crippen LogP contribution in [0.3, 0.4) is 0 Å². The maximum absolute atomic E-state index is 12.3.